The monoisotopic (exact) mass is 281 g/mol. The quantitative estimate of drug-likeness (QED) is 0.831. The highest BCUT2D eigenvalue weighted by Crippen LogP contribution is 2.36. The molecule has 0 unspecified atom stereocenters. The highest BCUT2D eigenvalue weighted by Gasteiger charge is 2.43. The van der Waals surface area contributed by atoms with Crippen molar-refractivity contribution in [3.63, 3.8) is 0 Å². The van der Waals surface area contributed by atoms with E-state index < -0.39 is 0 Å². The molecular formula is C15H27N3O2. The van der Waals surface area contributed by atoms with Crippen LogP contribution in [0.3, 0.4) is 0 Å². The lowest BCUT2D eigenvalue weighted by molar-refractivity contribution is -0.178. The van der Waals surface area contributed by atoms with Crippen LogP contribution in [0.5, 0.6) is 0 Å². The van der Waals surface area contributed by atoms with E-state index >= 15 is 0 Å². The Bertz CT molecular complexity index is 431. The van der Waals surface area contributed by atoms with E-state index in [9.17, 15) is 0 Å². The van der Waals surface area contributed by atoms with Crippen molar-refractivity contribution in [1.29, 1.82) is 0 Å². The summed E-state index contributed by atoms with van der Waals surface area (Å²) in [5.74, 6) is 2.01. The van der Waals surface area contributed by atoms with Crippen LogP contribution in [0.1, 0.15) is 39.6 Å². The number of hydrogen-bond acceptors (Lipinski definition) is 4. The van der Waals surface area contributed by atoms with Gasteiger partial charge in [-0.2, -0.15) is 0 Å². The lowest BCUT2D eigenvalue weighted by Gasteiger charge is -2.38. The van der Waals surface area contributed by atoms with Crippen molar-refractivity contribution in [1.82, 2.24) is 14.5 Å². The van der Waals surface area contributed by atoms with Gasteiger partial charge >= 0.3 is 0 Å². The van der Waals surface area contributed by atoms with Crippen molar-refractivity contribution in [2.45, 2.75) is 46.2 Å². The van der Waals surface area contributed by atoms with Gasteiger partial charge in [0.25, 0.3) is 0 Å². The van der Waals surface area contributed by atoms with Crippen LogP contribution in [-0.2, 0) is 16.5 Å². The summed E-state index contributed by atoms with van der Waals surface area (Å²) in [6, 6.07) is 0.541. The van der Waals surface area contributed by atoms with E-state index in [0.29, 0.717) is 24.5 Å². The summed E-state index contributed by atoms with van der Waals surface area (Å²) >= 11 is 0. The van der Waals surface area contributed by atoms with Gasteiger partial charge < -0.3 is 14.0 Å². The highest BCUT2D eigenvalue weighted by molar-refractivity contribution is 5.03. The smallest absolute Gasteiger partial charge is 0.219 e. The number of imidazole rings is 1. The standard InChI is InChI=1S/C15H27N3O2/c1-10(2)12-9-20-15(19-6)18(12)13(11(3)4)14-16-7-8-17(14)5/h7-8,10-13,15H,9H2,1-6H3/t12-,13-,15-/m1/s1. The van der Waals surface area contributed by atoms with Crippen LogP contribution in [0.25, 0.3) is 0 Å². The van der Waals surface area contributed by atoms with Gasteiger partial charge in [0.1, 0.15) is 5.82 Å². The molecule has 114 valence electrons. The van der Waals surface area contributed by atoms with Gasteiger partial charge in [-0.15, -0.1) is 0 Å². The van der Waals surface area contributed by atoms with E-state index in [1.165, 1.54) is 0 Å². The number of methoxy groups -OCH3 is 1. The molecule has 0 bridgehead atoms. The van der Waals surface area contributed by atoms with E-state index in [1.54, 1.807) is 7.11 Å². The third kappa shape index (κ3) is 2.75. The van der Waals surface area contributed by atoms with Gasteiger partial charge in [-0.25, -0.2) is 9.88 Å². The first-order chi connectivity index (χ1) is 9.47. The first-order valence-electron chi connectivity index (χ1n) is 7.36. The summed E-state index contributed by atoms with van der Waals surface area (Å²) in [5, 5.41) is 0. The number of hydrogen-bond donors (Lipinski definition) is 0. The molecule has 20 heavy (non-hydrogen) atoms. The fraction of sp³-hybridized carbons (Fsp3) is 0.800. The van der Waals surface area contributed by atoms with E-state index in [0.717, 1.165) is 5.82 Å². The van der Waals surface area contributed by atoms with Gasteiger partial charge in [0.15, 0.2) is 0 Å². The molecule has 1 aromatic rings. The summed E-state index contributed by atoms with van der Waals surface area (Å²) in [5.41, 5.74) is 0. The molecule has 1 fully saturated rings. The summed E-state index contributed by atoms with van der Waals surface area (Å²) in [4.78, 5) is 6.90. The third-order valence-electron chi connectivity index (χ3n) is 4.08. The number of ether oxygens (including phenoxy) is 2. The Labute approximate surface area is 121 Å². The Kier molecular flexibility index (Phi) is 4.83. The summed E-state index contributed by atoms with van der Waals surface area (Å²) in [6.07, 6.45) is 3.56. The fourth-order valence-corrected chi connectivity index (χ4v) is 3.01. The molecule has 0 N–H and O–H groups in total. The maximum absolute atomic E-state index is 5.82. The van der Waals surface area contributed by atoms with Crippen LogP contribution < -0.4 is 0 Å². The molecule has 5 nitrogen and oxygen atoms in total. The maximum atomic E-state index is 5.82. The van der Waals surface area contributed by atoms with E-state index in [2.05, 4.69) is 42.1 Å². The van der Waals surface area contributed by atoms with Crippen molar-refractivity contribution in [3.8, 4) is 0 Å². The number of aromatic nitrogens is 2. The molecule has 1 aliphatic rings. The topological polar surface area (TPSA) is 39.5 Å². The first kappa shape index (κ1) is 15.5. The minimum absolute atomic E-state index is 0.190. The summed E-state index contributed by atoms with van der Waals surface area (Å²) < 4.78 is 13.5. The molecule has 1 aromatic heterocycles. The molecule has 0 aromatic carbocycles. The largest absolute Gasteiger partial charge is 0.343 e. The van der Waals surface area contributed by atoms with Crippen LogP contribution in [0.2, 0.25) is 0 Å². The number of aryl methyl sites for hydroxylation is 1. The SMILES string of the molecule is CO[C@@H]1OC[C@H](C(C)C)N1[C@@H](c1nccn1C)C(C)C. The minimum atomic E-state index is -0.286. The lowest BCUT2D eigenvalue weighted by atomic mass is 9.96. The minimum Gasteiger partial charge on any atom is -0.343 e. The molecule has 5 heteroatoms. The average molecular weight is 281 g/mol. The van der Waals surface area contributed by atoms with Gasteiger partial charge in [0.2, 0.25) is 6.41 Å². The zero-order valence-electron chi connectivity index (χ0n) is 13.4. The van der Waals surface area contributed by atoms with Crippen molar-refractivity contribution < 1.29 is 9.47 Å². The molecule has 3 atom stereocenters. The van der Waals surface area contributed by atoms with Crippen LogP contribution in [0, 0.1) is 11.8 Å². The molecule has 2 rings (SSSR count). The van der Waals surface area contributed by atoms with Crippen LogP contribution in [-0.4, -0.2) is 40.6 Å². The molecular weight excluding hydrogens is 254 g/mol. The van der Waals surface area contributed by atoms with Crippen LogP contribution in [0.15, 0.2) is 12.4 Å². The number of rotatable bonds is 5. The molecule has 0 spiro atoms. The predicted octanol–water partition coefficient (Wildman–Crippen LogP) is 2.40. The van der Waals surface area contributed by atoms with Gasteiger partial charge in [0, 0.05) is 32.6 Å². The molecule has 0 aliphatic carbocycles. The maximum Gasteiger partial charge on any atom is 0.219 e. The van der Waals surface area contributed by atoms with E-state index in [4.69, 9.17) is 9.47 Å². The van der Waals surface area contributed by atoms with Gasteiger partial charge in [-0.1, -0.05) is 27.7 Å². The molecule has 1 saturated heterocycles. The van der Waals surface area contributed by atoms with Crippen molar-refractivity contribution in [3.05, 3.63) is 18.2 Å². The molecule has 0 amide bonds. The van der Waals surface area contributed by atoms with Gasteiger partial charge in [-0.3, -0.25) is 0 Å². The number of nitrogens with zero attached hydrogens (tertiary/aromatic N) is 3. The zero-order valence-corrected chi connectivity index (χ0v) is 13.4. The first-order valence-corrected chi connectivity index (χ1v) is 7.36. The van der Waals surface area contributed by atoms with Crippen molar-refractivity contribution >= 4 is 0 Å². The lowest BCUT2D eigenvalue weighted by Crippen LogP contribution is -2.45. The zero-order chi connectivity index (χ0) is 14.9. The Morgan fingerprint density at radius 1 is 1.35 bits per heavy atom. The second-order valence-corrected chi connectivity index (χ2v) is 6.22. The van der Waals surface area contributed by atoms with Gasteiger partial charge in [-0.05, 0) is 11.8 Å². The van der Waals surface area contributed by atoms with Crippen molar-refractivity contribution in [2.24, 2.45) is 18.9 Å². The highest BCUT2D eigenvalue weighted by atomic mass is 16.7. The normalized spacial score (nSPS) is 25.8. The summed E-state index contributed by atoms with van der Waals surface area (Å²) in [7, 11) is 3.75. The average Bonchev–Trinajstić information content (AvgIpc) is 2.97. The second kappa shape index (κ2) is 6.24. The third-order valence-corrected chi connectivity index (χ3v) is 4.08. The second-order valence-electron chi connectivity index (χ2n) is 6.22. The van der Waals surface area contributed by atoms with Gasteiger partial charge in [0.05, 0.1) is 12.6 Å². The molecule has 0 saturated carbocycles. The fourth-order valence-electron chi connectivity index (χ4n) is 3.01. The molecule has 0 radical (unpaired) electrons. The van der Waals surface area contributed by atoms with E-state index in [-0.39, 0.29) is 12.5 Å². The van der Waals surface area contributed by atoms with E-state index in [1.807, 2.05) is 19.4 Å². The van der Waals surface area contributed by atoms with Crippen LogP contribution >= 0.6 is 0 Å². The predicted molar refractivity (Wildman–Crippen MR) is 78.0 cm³/mol. The molecule has 2 heterocycles. The Hall–Kier alpha value is -0.910. The Balaban J connectivity index is 2.38. The summed E-state index contributed by atoms with van der Waals surface area (Å²) in [6.45, 7) is 9.62. The Morgan fingerprint density at radius 3 is 2.50 bits per heavy atom. The van der Waals surface area contributed by atoms with Crippen LogP contribution in [0.4, 0.5) is 0 Å². The molecule has 1 aliphatic heterocycles. The van der Waals surface area contributed by atoms with Crippen molar-refractivity contribution in [2.75, 3.05) is 13.7 Å². The Morgan fingerprint density at radius 2 is 2.05 bits per heavy atom.